The van der Waals surface area contributed by atoms with Crippen LogP contribution in [0.15, 0.2) is 44.8 Å². The summed E-state index contributed by atoms with van der Waals surface area (Å²) >= 11 is 16.9. The molecule has 4 rings (SSSR count). The topological polar surface area (TPSA) is 126 Å². The van der Waals surface area contributed by atoms with Crippen molar-refractivity contribution in [3.8, 4) is 5.75 Å². The number of aromatic nitrogens is 1. The molecular weight excluding hydrogens is 609 g/mol. The van der Waals surface area contributed by atoms with Gasteiger partial charge in [-0.15, -0.1) is 24.2 Å². The number of rotatable bonds is 12. The Kier molecular flexibility index (Phi) is 13.0. The van der Waals surface area contributed by atoms with E-state index in [9.17, 15) is 13.6 Å². The number of hydrogen-bond donors (Lipinski definition) is 4. The van der Waals surface area contributed by atoms with Gasteiger partial charge in [0.2, 0.25) is 0 Å². The first-order valence-corrected chi connectivity index (χ1v) is 15.1. The van der Waals surface area contributed by atoms with Crippen LogP contribution in [0.3, 0.4) is 0 Å². The van der Waals surface area contributed by atoms with Crippen LogP contribution in [0.2, 0.25) is 0 Å². The zero-order valence-electron chi connectivity index (χ0n) is 23.8. The summed E-state index contributed by atoms with van der Waals surface area (Å²) in [7, 11) is 1.17. The van der Waals surface area contributed by atoms with E-state index in [2.05, 4.69) is 46.4 Å². The molecule has 1 saturated carbocycles. The third kappa shape index (κ3) is 9.09. The van der Waals surface area contributed by atoms with Gasteiger partial charge in [-0.1, -0.05) is 42.8 Å². The van der Waals surface area contributed by atoms with Crippen molar-refractivity contribution in [1.29, 1.82) is 0 Å². The number of esters is 1. The summed E-state index contributed by atoms with van der Waals surface area (Å²) in [5.41, 5.74) is 13.6. The predicted octanol–water partition coefficient (Wildman–Crippen LogP) is 6.88. The fraction of sp³-hybridized carbons (Fsp3) is 0.517. The number of nitrogens with two attached hydrogens (primary N) is 2. The van der Waals surface area contributed by atoms with E-state index in [0.717, 1.165) is 55.2 Å². The van der Waals surface area contributed by atoms with E-state index >= 15 is 0 Å². The molecule has 2 aliphatic rings. The molecule has 8 nitrogen and oxygen atoms in total. The van der Waals surface area contributed by atoms with Crippen molar-refractivity contribution < 1.29 is 27.6 Å². The minimum absolute atomic E-state index is 0.0392. The van der Waals surface area contributed by atoms with Gasteiger partial charge in [0.1, 0.15) is 5.76 Å². The summed E-state index contributed by atoms with van der Waals surface area (Å²) in [4.78, 5) is 11.3. The number of carbonyl (C=O) groups is 1. The quantitative estimate of drug-likeness (QED) is 0.0851. The standard InChI is InChI=1S/C20H29Cl2N3O.C9H9F2NO3S/c1-3-13(23)10-14(4-2)24-11-15-19(25-26-20(15)12-8-9-12)18-16(21)6-5-7-17(18)22;1-14-8(13)4-2-5(15-9(10)11)7(12)6(16)3-4/h5-7,12-14,16,18,24H,3-4,8-11,23H2,1-2H3;2-3,9,16H,12H2,1H3. The van der Waals surface area contributed by atoms with Crippen molar-refractivity contribution >= 4 is 47.5 Å². The molecule has 0 spiro atoms. The lowest BCUT2D eigenvalue weighted by molar-refractivity contribution is -0.0495. The number of anilines is 1. The number of nitrogen functional groups attached to an aromatic ring is 1. The van der Waals surface area contributed by atoms with Crippen LogP contribution in [0.1, 0.15) is 85.2 Å². The van der Waals surface area contributed by atoms with E-state index in [1.807, 2.05) is 18.2 Å². The highest BCUT2D eigenvalue weighted by Crippen LogP contribution is 2.46. The molecule has 1 heterocycles. The molecule has 0 saturated heterocycles. The largest absolute Gasteiger partial charge is 0.465 e. The van der Waals surface area contributed by atoms with E-state index in [0.29, 0.717) is 23.5 Å². The SMILES string of the molecule is CCC(N)CC(CC)NCc1c(C2C(Cl)=CC=CC2Cl)noc1C1CC1.COC(=O)c1cc(S)c(N)c(OC(F)F)c1. The average Bonchev–Trinajstić information content (AvgIpc) is 3.72. The fourth-order valence-electron chi connectivity index (χ4n) is 4.54. The Morgan fingerprint density at radius 1 is 1.29 bits per heavy atom. The molecule has 13 heteroatoms. The van der Waals surface area contributed by atoms with Crippen LogP contribution in [0.25, 0.3) is 0 Å². The molecule has 4 atom stereocenters. The lowest BCUT2D eigenvalue weighted by atomic mass is 9.92. The number of carbonyl (C=O) groups excluding carboxylic acids is 1. The molecule has 0 radical (unpaired) electrons. The molecule has 0 amide bonds. The van der Waals surface area contributed by atoms with Crippen LogP contribution < -0.4 is 21.5 Å². The van der Waals surface area contributed by atoms with Crippen molar-refractivity contribution in [3.63, 3.8) is 0 Å². The average molecular weight is 648 g/mol. The normalized spacial score (nSPS) is 19.5. The van der Waals surface area contributed by atoms with E-state index in [1.165, 1.54) is 13.2 Å². The fourth-order valence-corrected chi connectivity index (χ4v) is 5.50. The maximum absolute atomic E-state index is 12.0. The third-order valence-corrected chi connectivity index (χ3v) is 8.32. The first kappa shape index (κ1) is 34.2. The summed E-state index contributed by atoms with van der Waals surface area (Å²) < 4.78 is 38.4. The van der Waals surface area contributed by atoms with Gasteiger partial charge in [-0.2, -0.15) is 8.78 Å². The third-order valence-electron chi connectivity index (χ3n) is 7.19. The van der Waals surface area contributed by atoms with Gasteiger partial charge in [0.25, 0.3) is 0 Å². The maximum atomic E-state index is 12.0. The van der Waals surface area contributed by atoms with Gasteiger partial charge in [0.15, 0.2) is 5.75 Å². The first-order chi connectivity index (χ1) is 20.0. The van der Waals surface area contributed by atoms with Gasteiger partial charge in [-0.3, -0.25) is 0 Å². The van der Waals surface area contributed by atoms with Crippen LogP contribution in [0.4, 0.5) is 14.5 Å². The molecule has 0 aliphatic heterocycles. The number of hydrogen-bond acceptors (Lipinski definition) is 9. The van der Waals surface area contributed by atoms with Crippen molar-refractivity contribution in [2.24, 2.45) is 5.73 Å². The van der Waals surface area contributed by atoms with Crippen LogP contribution in [0, 0.1) is 0 Å². The van der Waals surface area contributed by atoms with E-state index < -0.39 is 12.6 Å². The molecule has 42 heavy (non-hydrogen) atoms. The molecule has 5 N–H and O–H groups in total. The van der Waals surface area contributed by atoms with Crippen molar-refractivity contribution in [2.45, 2.75) is 93.3 Å². The minimum atomic E-state index is -3.03. The Labute approximate surface area is 260 Å². The Bertz CT molecular complexity index is 1270. The summed E-state index contributed by atoms with van der Waals surface area (Å²) in [6.45, 7) is 2.01. The highest BCUT2D eigenvalue weighted by atomic mass is 35.5. The minimum Gasteiger partial charge on any atom is -0.465 e. The summed E-state index contributed by atoms with van der Waals surface area (Å²) in [5.74, 6) is 0.360. The Morgan fingerprint density at radius 3 is 2.57 bits per heavy atom. The molecule has 1 aromatic heterocycles. The maximum Gasteiger partial charge on any atom is 0.387 e. The van der Waals surface area contributed by atoms with Crippen molar-refractivity contribution in [2.75, 3.05) is 12.8 Å². The molecular formula is C29H38Cl2F2N4O4S. The second-order valence-corrected chi connectivity index (χ2v) is 11.6. The second-order valence-electron chi connectivity index (χ2n) is 10.2. The van der Waals surface area contributed by atoms with E-state index in [4.69, 9.17) is 39.2 Å². The number of nitrogens with zero attached hydrogens (tertiary/aromatic N) is 1. The lowest BCUT2D eigenvalue weighted by Crippen LogP contribution is -2.35. The zero-order chi connectivity index (χ0) is 31.0. The predicted molar refractivity (Wildman–Crippen MR) is 164 cm³/mol. The summed E-state index contributed by atoms with van der Waals surface area (Å²) in [6, 6.07) is 2.99. The molecule has 232 valence electrons. The first-order valence-electron chi connectivity index (χ1n) is 13.8. The number of benzene rings is 1. The number of alkyl halides is 3. The lowest BCUT2D eigenvalue weighted by Gasteiger charge is -2.23. The second kappa shape index (κ2) is 16.0. The van der Waals surface area contributed by atoms with Crippen LogP contribution in [-0.4, -0.2) is 42.3 Å². The number of halogens is 4. The van der Waals surface area contributed by atoms with Crippen LogP contribution in [-0.2, 0) is 11.3 Å². The van der Waals surface area contributed by atoms with Crippen LogP contribution in [0.5, 0.6) is 5.75 Å². The van der Waals surface area contributed by atoms with Gasteiger partial charge in [0.05, 0.1) is 35.3 Å². The highest BCUT2D eigenvalue weighted by molar-refractivity contribution is 7.80. The summed E-state index contributed by atoms with van der Waals surface area (Å²) in [5, 5.41) is 8.57. The van der Waals surface area contributed by atoms with Gasteiger partial charge < -0.3 is 30.8 Å². The number of thiol groups is 1. The number of nitrogens with one attached hydrogen (secondary N) is 1. The highest BCUT2D eigenvalue weighted by Gasteiger charge is 2.37. The van der Waals surface area contributed by atoms with Crippen molar-refractivity contribution in [3.05, 3.63) is 58.0 Å². The Balaban J connectivity index is 0.000000260. The zero-order valence-corrected chi connectivity index (χ0v) is 26.2. The number of allylic oxidation sites excluding steroid dienone is 4. The number of ether oxygens (including phenoxy) is 2. The molecule has 0 bridgehead atoms. The van der Waals surface area contributed by atoms with E-state index in [-0.39, 0.29) is 39.2 Å². The molecule has 2 aliphatic carbocycles. The molecule has 4 unspecified atom stereocenters. The Hall–Kier alpha value is -2.31. The molecule has 1 fully saturated rings. The molecule has 1 aromatic carbocycles. The van der Waals surface area contributed by atoms with Gasteiger partial charge in [-0.25, -0.2) is 4.79 Å². The molecule has 2 aromatic rings. The van der Waals surface area contributed by atoms with Gasteiger partial charge in [0, 0.05) is 40.0 Å². The van der Waals surface area contributed by atoms with Gasteiger partial charge >= 0.3 is 12.6 Å². The summed E-state index contributed by atoms with van der Waals surface area (Å²) in [6.07, 6.45) is 11.1. The number of methoxy groups -OCH3 is 1. The van der Waals surface area contributed by atoms with E-state index in [1.54, 1.807) is 0 Å². The van der Waals surface area contributed by atoms with Crippen molar-refractivity contribution in [1.82, 2.24) is 10.5 Å². The Morgan fingerprint density at radius 2 is 2.00 bits per heavy atom. The van der Waals surface area contributed by atoms with Crippen LogP contribution >= 0.6 is 35.8 Å². The monoisotopic (exact) mass is 646 g/mol. The smallest absolute Gasteiger partial charge is 0.387 e. The van der Waals surface area contributed by atoms with Gasteiger partial charge in [-0.05, 0) is 50.3 Å².